The Morgan fingerprint density at radius 2 is 2.25 bits per heavy atom. The van der Waals surface area contributed by atoms with E-state index in [1.54, 1.807) is 24.3 Å². The summed E-state index contributed by atoms with van der Waals surface area (Å²) in [6.07, 6.45) is 2.25. The van der Waals surface area contributed by atoms with E-state index in [0.717, 1.165) is 18.9 Å². The van der Waals surface area contributed by atoms with E-state index in [4.69, 9.17) is 9.84 Å². The number of hydrogen-bond acceptors (Lipinski definition) is 3. The number of hydrogen-bond donors (Lipinski definition) is 1. The first-order valence-corrected chi connectivity index (χ1v) is 7.26. The molecule has 0 radical (unpaired) electrons. The molecule has 1 N–H and O–H groups in total. The summed E-state index contributed by atoms with van der Waals surface area (Å²) in [6.45, 7) is 7.42. The lowest BCUT2D eigenvalue weighted by molar-refractivity contribution is 0.0696. The van der Waals surface area contributed by atoms with Gasteiger partial charge in [-0.2, -0.15) is 0 Å². The molecule has 1 aromatic rings. The number of likely N-dealkylation sites (tertiary alicyclic amines) is 1. The van der Waals surface area contributed by atoms with Crippen molar-refractivity contribution >= 4 is 5.97 Å². The molecular formula is C16H23NO3. The lowest BCUT2D eigenvalue weighted by Gasteiger charge is -2.20. The van der Waals surface area contributed by atoms with Crippen LogP contribution in [0.2, 0.25) is 0 Å². The van der Waals surface area contributed by atoms with Crippen LogP contribution in [0.1, 0.15) is 37.0 Å². The molecule has 4 nitrogen and oxygen atoms in total. The third kappa shape index (κ3) is 3.97. The molecule has 20 heavy (non-hydrogen) atoms. The van der Waals surface area contributed by atoms with Gasteiger partial charge < -0.3 is 14.7 Å². The highest BCUT2D eigenvalue weighted by atomic mass is 16.5. The highest BCUT2D eigenvalue weighted by molar-refractivity contribution is 5.87. The first-order valence-electron chi connectivity index (χ1n) is 7.26. The number of benzene rings is 1. The Morgan fingerprint density at radius 1 is 1.45 bits per heavy atom. The van der Waals surface area contributed by atoms with E-state index >= 15 is 0 Å². The van der Waals surface area contributed by atoms with Crippen LogP contribution in [0.15, 0.2) is 24.3 Å². The second kappa shape index (κ2) is 6.75. The Hall–Kier alpha value is -1.55. The molecule has 2 rings (SSSR count). The van der Waals surface area contributed by atoms with Crippen LogP contribution in [0.4, 0.5) is 0 Å². The van der Waals surface area contributed by atoms with E-state index in [1.165, 1.54) is 13.0 Å². The Bertz CT molecular complexity index is 461. The van der Waals surface area contributed by atoms with Crippen LogP contribution in [0.25, 0.3) is 0 Å². The molecule has 0 bridgehead atoms. The SMILES string of the molecule is CC1CC(C)N(CCCOc2cccc(C(=O)O)c2)C1. The maximum absolute atomic E-state index is 10.9. The Morgan fingerprint density at radius 3 is 2.90 bits per heavy atom. The van der Waals surface area contributed by atoms with Crippen LogP contribution in [0.5, 0.6) is 5.75 Å². The van der Waals surface area contributed by atoms with Crippen molar-refractivity contribution in [3.63, 3.8) is 0 Å². The van der Waals surface area contributed by atoms with Gasteiger partial charge in [0, 0.05) is 19.1 Å². The van der Waals surface area contributed by atoms with Crippen LogP contribution >= 0.6 is 0 Å². The standard InChI is InChI=1S/C16H23NO3/c1-12-9-13(2)17(11-12)7-4-8-20-15-6-3-5-14(10-15)16(18)19/h3,5-6,10,12-13H,4,7-9,11H2,1-2H3,(H,18,19). The first-order chi connectivity index (χ1) is 9.56. The molecule has 2 unspecified atom stereocenters. The molecule has 1 aromatic carbocycles. The lowest BCUT2D eigenvalue weighted by atomic mass is 10.1. The molecule has 1 aliphatic rings. The topological polar surface area (TPSA) is 49.8 Å². The minimum Gasteiger partial charge on any atom is -0.494 e. The van der Waals surface area contributed by atoms with Gasteiger partial charge in [0.1, 0.15) is 5.75 Å². The predicted molar refractivity (Wildman–Crippen MR) is 78.3 cm³/mol. The largest absolute Gasteiger partial charge is 0.494 e. The van der Waals surface area contributed by atoms with Crippen LogP contribution in [0, 0.1) is 5.92 Å². The van der Waals surface area contributed by atoms with Crippen LogP contribution in [-0.4, -0.2) is 41.7 Å². The van der Waals surface area contributed by atoms with Crippen molar-refractivity contribution < 1.29 is 14.6 Å². The maximum Gasteiger partial charge on any atom is 0.335 e. The highest BCUT2D eigenvalue weighted by Crippen LogP contribution is 2.22. The molecular weight excluding hydrogens is 254 g/mol. The number of rotatable bonds is 6. The van der Waals surface area contributed by atoms with E-state index < -0.39 is 5.97 Å². The summed E-state index contributed by atoms with van der Waals surface area (Å²) in [6, 6.07) is 7.32. The summed E-state index contributed by atoms with van der Waals surface area (Å²) in [5, 5.41) is 8.92. The normalized spacial score (nSPS) is 22.9. The van der Waals surface area contributed by atoms with Gasteiger partial charge in [-0.1, -0.05) is 13.0 Å². The molecule has 0 aromatic heterocycles. The third-order valence-corrected chi connectivity index (χ3v) is 3.85. The summed E-state index contributed by atoms with van der Waals surface area (Å²) in [5.41, 5.74) is 0.268. The number of carbonyl (C=O) groups is 1. The summed E-state index contributed by atoms with van der Waals surface area (Å²) < 4.78 is 5.63. The fourth-order valence-electron chi connectivity index (χ4n) is 2.87. The Kier molecular flexibility index (Phi) is 5.01. The quantitative estimate of drug-likeness (QED) is 0.812. The van der Waals surface area contributed by atoms with Gasteiger partial charge in [0.15, 0.2) is 0 Å². The van der Waals surface area contributed by atoms with Gasteiger partial charge in [-0.3, -0.25) is 0 Å². The summed E-state index contributed by atoms with van der Waals surface area (Å²) >= 11 is 0. The van der Waals surface area contributed by atoms with Gasteiger partial charge >= 0.3 is 5.97 Å². The summed E-state index contributed by atoms with van der Waals surface area (Å²) in [5.74, 6) is 0.501. The fourth-order valence-corrected chi connectivity index (χ4v) is 2.87. The molecule has 4 heteroatoms. The van der Waals surface area contributed by atoms with Crippen molar-refractivity contribution in [1.82, 2.24) is 4.90 Å². The molecule has 0 amide bonds. The number of carboxylic acid groups (broad SMARTS) is 1. The second-order valence-electron chi connectivity index (χ2n) is 5.72. The highest BCUT2D eigenvalue weighted by Gasteiger charge is 2.25. The maximum atomic E-state index is 10.9. The molecule has 110 valence electrons. The Labute approximate surface area is 120 Å². The van der Waals surface area contributed by atoms with Crippen molar-refractivity contribution in [3.8, 4) is 5.75 Å². The minimum absolute atomic E-state index is 0.268. The van der Waals surface area contributed by atoms with E-state index in [9.17, 15) is 4.79 Å². The van der Waals surface area contributed by atoms with Gasteiger partial charge in [0.05, 0.1) is 12.2 Å². The van der Waals surface area contributed by atoms with E-state index in [2.05, 4.69) is 18.7 Å². The zero-order valence-corrected chi connectivity index (χ0v) is 12.2. The lowest BCUT2D eigenvalue weighted by Crippen LogP contribution is -2.29. The fraction of sp³-hybridized carbons (Fsp3) is 0.562. The van der Waals surface area contributed by atoms with Gasteiger partial charge in [0.2, 0.25) is 0 Å². The van der Waals surface area contributed by atoms with Crippen molar-refractivity contribution in [3.05, 3.63) is 29.8 Å². The zero-order chi connectivity index (χ0) is 14.5. The van der Waals surface area contributed by atoms with Crippen molar-refractivity contribution in [2.45, 2.75) is 32.7 Å². The van der Waals surface area contributed by atoms with Crippen molar-refractivity contribution in [2.75, 3.05) is 19.7 Å². The molecule has 1 heterocycles. The molecule has 1 aliphatic heterocycles. The van der Waals surface area contributed by atoms with E-state index in [1.807, 2.05) is 0 Å². The van der Waals surface area contributed by atoms with Gasteiger partial charge in [0.25, 0.3) is 0 Å². The molecule has 0 saturated carbocycles. The van der Waals surface area contributed by atoms with Gasteiger partial charge in [-0.25, -0.2) is 4.79 Å². The first kappa shape index (κ1) is 14.9. The number of aromatic carboxylic acids is 1. The number of carboxylic acids is 1. The summed E-state index contributed by atoms with van der Waals surface area (Å²) in [4.78, 5) is 13.4. The van der Waals surface area contributed by atoms with Crippen LogP contribution < -0.4 is 4.74 Å². The predicted octanol–water partition coefficient (Wildman–Crippen LogP) is 2.88. The van der Waals surface area contributed by atoms with Crippen LogP contribution in [-0.2, 0) is 0 Å². The van der Waals surface area contributed by atoms with Crippen molar-refractivity contribution in [2.24, 2.45) is 5.92 Å². The minimum atomic E-state index is -0.921. The summed E-state index contributed by atoms with van der Waals surface area (Å²) in [7, 11) is 0. The molecule has 1 fully saturated rings. The molecule has 0 spiro atoms. The zero-order valence-electron chi connectivity index (χ0n) is 12.2. The molecule has 1 saturated heterocycles. The number of nitrogens with zero attached hydrogens (tertiary/aromatic N) is 1. The van der Waals surface area contributed by atoms with E-state index in [0.29, 0.717) is 18.4 Å². The van der Waals surface area contributed by atoms with Gasteiger partial charge in [-0.15, -0.1) is 0 Å². The van der Waals surface area contributed by atoms with E-state index in [-0.39, 0.29) is 5.56 Å². The van der Waals surface area contributed by atoms with Crippen molar-refractivity contribution in [1.29, 1.82) is 0 Å². The average molecular weight is 277 g/mol. The average Bonchev–Trinajstić information content (AvgIpc) is 2.73. The molecule has 2 atom stereocenters. The third-order valence-electron chi connectivity index (χ3n) is 3.85. The number of ether oxygens (including phenoxy) is 1. The van der Waals surface area contributed by atoms with Gasteiger partial charge in [-0.05, 0) is 43.9 Å². The Balaban J connectivity index is 1.73. The monoisotopic (exact) mass is 277 g/mol. The molecule has 0 aliphatic carbocycles. The second-order valence-corrected chi connectivity index (χ2v) is 5.72. The van der Waals surface area contributed by atoms with Crippen LogP contribution in [0.3, 0.4) is 0 Å². The smallest absolute Gasteiger partial charge is 0.335 e.